The Kier molecular flexibility index (Phi) is 7.10. The van der Waals surface area contributed by atoms with Gasteiger partial charge < -0.3 is 10.2 Å². The average molecular weight is 294 g/mol. The van der Waals surface area contributed by atoms with Crippen LogP contribution < -0.4 is 5.32 Å². The quantitative estimate of drug-likeness (QED) is 0.783. The lowest BCUT2D eigenvalue weighted by Crippen LogP contribution is -2.29. The van der Waals surface area contributed by atoms with Gasteiger partial charge in [0.05, 0.1) is 5.25 Å². The van der Waals surface area contributed by atoms with Gasteiger partial charge in [-0.3, -0.25) is 4.79 Å². The molecule has 2 unspecified atom stereocenters. The van der Waals surface area contributed by atoms with E-state index in [2.05, 4.69) is 43.4 Å². The molecule has 0 aliphatic rings. The van der Waals surface area contributed by atoms with Crippen LogP contribution in [0.5, 0.6) is 0 Å². The number of hydrogen-bond donors (Lipinski definition) is 1. The predicted octanol–water partition coefficient (Wildman–Crippen LogP) is 3.32. The third kappa shape index (κ3) is 5.17. The number of amides is 1. The molecule has 1 amide bonds. The molecule has 1 aromatic rings. The molecular weight excluding hydrogens is 268 g/mol. The summed E-state index contributed by atoms with van der Waals surface area (Å²) in [7, 11) is 3.59. The summed E-state index contributed by atoms with van der Waals surface area (Å²) < 4.78 is 0. The first kappa shape index (κ1) is 17.1. The molecule has 3 nitrogen and oxygen atoms in total. The summed E-state index contributed by atoms with van der Waals surface area (Å²) in [4.78, 5) is 14.6. The summed E-state index contributed by atoms with van der Waals surface area (Å²) in [5, 5.41) is 3.42. The highest BCUT2D eigenvalue weighted by atomic mass is 32.2. The van der Waals surface area contributed by atoms with Crippen molar-refractivity contribution in [3.8, 4) is 0 Å². The first-order chi connectivity index (χ1) is 9.45. The minimum absolute atomic E-state index is 0.0495. The van der Waals surface area contributed by atoms with Crippen LogP contribution in [0, 0.1) is 0 Å². The zero-order chi connectivity index (χ0) is 15.1. The van der Waals surface area contributed by atoms with Crippen molar-refractivity contribution >= 4 is 17.7 Å². The summed E-state index contributed by atoms with van der Waals surface area (Å²) in [6.45, 7) is 7.33. The molecule has 0 saturated heterocycles. The summed E-state index contributed by atoms with van der Waals surface area (Å²) in [6, 6.07) is 8.85. The number of nitrogens with zero attached hydrogens (tertiary/aromatic N) is 1. The third-order valence-corrected chi connectivity index (χ3v) is 4.28. The fourth-order valence-corrected chi connectivity index (χ4v) is 2.95. The van der Waals surface area contributed by atoms with E-state index >= 15 is 0 Å². The van der Waals surface area contributed by atoms with E-state index < -0.39 is 0 Å². The third-order valence-electron chi connectivity index (χ3n) is 3.18. The molecule has 20 heavy (non-hydrogen) atoms. The number of benzene rings is 1. The molecule has 1 N–H and O–H groups in total. The van der Waals surface area contributed by atoms with Gasteiger partial charge in [-0.05, 0) is 44.5 Å². The highest BCUT2D eigenvalue weighted by Gasteiger charge is 2.16. The Hall–Kier alpha value is -1.00. The van der Waals surface area contributed by atoms with E-state index in [1.165, 1.54) is 5.56 Å². The van der Waals surface area contributed by atoms with Gasteiger partial charge in [-0.25, -0.2) is 0 Å². The molecule has 1 aromatic carbocycles. The molecule has 0 aliphatic heterocycles. The Morgan fingerprint density at radius 1 is 1.25 bits per heavy atom. The lowest BCUT2D eigenvalue weighted by molar-refractivity contribution is -0.127. The highest BCUT2D eigenvalue weighted by molar-refractivity contribution is 8.00. The first-order valence-corrected chi connectivity index (χ1v) is 8.04. The number of rotatable bonds is 7. The number of nitrogens with one attached hydrogen (secondary N) is 1. The fourth-order valence-electron chi connectivity index (χ4n) is 1.93. The van der Waals surface area contributed by atoms with Crippen molar-refractivity contribution in [2.75, 3.05) is 20.6 Å². The van der Waals surface area contributed by atoms with Crippen LogP contribution in [-0.4, -0.2) is 36.7 Å². The van der Waals surface area contributed by atoms with Gasteiger partial charge in [0.1, 0.15) is 0 Å². The molecule has 2 atom stereocenters. The molecule has 0 radical (unpaired) electrons. The monoisotopic (exact) mass is 294 g/mol. The average Bonchev–Trinajstić information content (AvgIpc) is 2.44. The van der Waals surface area contributed by atoms with Gasteiger partial charge in [-0.15, -0.1) is 11.8 Å². The second kappa shape index (κ2) is 8.32. The highest BCUT2D eigenvalue weighted by Crippen LogP contribution is 2.25. The molecule has 112 valence electrons. The molecule has 1 rings (SSSR count). The largest absolute Gasteiger partial charge is 0.348 e. The maximum Gasteiger partial charge on any atom is 0.235 e. The van der Waals surface area contributed by atoms with Gasteiger partial charge in [0.15, 0.2) is 0 Å². The lowest BCUT2D eigenvalue weighted by atomic mass is 10.1. The van der Waals surface area contributed by atoms with Gasteiger partial charge in [-0.2, -0.15) is 0 Å². The Balaban J connectivity index is 2.60. The molecule has 0 bridgehead atoms. The van der Waals surface area contributed by atoms with Crippen LogP contribution in [-0.2, 0) is 4.79 Å². The van der Waals surface area contributed by atoms with Crippen LogP contribution in [0.25, 0.3) is 0 Å². The first-order valence-electron chi connectivity index (χ1n) is 7.16. The number of thioether (sulfide) groups is 1. The number of carbonyl (C=O) groups is 1. The molecule has 0 aromatic heterocycles. The molecule has 0 spiro atoms. The normalized spacial score (nSPS) is 13.8. The minimum Gasteiger partial charge on any atom is -0.348 e. The summed E-state index contributed by atoms with van der Waals surface area (Å²) in [5.74, 6) is 0.150. The summed E-state index contributed by atoms with van der Waals surface area (Å²) in [6.07, 6.45) is 1.14. The van der Waals surface area contributed by atoms with E-state index in [-0.39, 0.29) is 11.2 Å². The van der Waals surface area contributed by atoms with Gasteiger partial charge in [0.25, 0.3) is 0 Å². The van der Waals surface area contributed by atoms with Gasteiger partial charge in [0, 0.05) is 25.0 Å². The van der Waals surface area contributed by atoms with E-state index in [1.807, 2.05) is 6.92 Å². The summed E-state index contributed by atoms with van der Waals surface area (Å²) in [5.41, 5.74) is 1.29. The van der Waals surface area contributed by atoms with Crippen molar-refractivity contribution in [2.24, 2.45) is 0 Å². The van der Waals surface area contributed by atoms with Crippen LogP contribution in [0.3, 0.4) is 0 Å². The summed E-state index contributed by atoms with van der Waals surface area (Å²) >= 11 is 1.61. The smallest absolute Gasteiger partial charge is 0.235 e. The molecule has 0 aliphatic carbocycles. The maximum atomic E-state index is 11.8. The van der Waals surface area contributed by atoms with Gasteiger partial charge >= 0.3 is 0 Å². The van der Waals surface area contributed by atoms with Gasteiger partial charge in [0.2, 0.25) is 5.91 Å². The second-order valence-electron chi connectivity index (χ2n) is 5.24. The van der Waals surface area contributed by atoms with Crippen LogP contribution in [0.4, 0.5) is 0 Å². The number of carbonyl (C=O) groups excluding carboxylic acids is 1. The second-order valence-corrected chi connectivity index (χ2v) is 6.65. The zero-order valence-electron chi connectivity index (χ0n) is 13.1. The maximum absolute atomic E-state index is 11.8. The SMILES string of the molecule is CCCNC(C)c1ccc(SC(C)C(=O)N(C)C)cc1. The molecule has 0 fully saturated rings. The Morgan fingerprint density at radius 2 is 1.85 bits per heavy atom. The Bertz CT molecular complexity index is 417. The van der Waals surface area contributed by atoms with Crippen molar-refractivity contribution in [2.45, 2.75) is 43.4 Å². The van der Waals surface area contributed by atoms with Crippen molar-refractivity contribution in [1.29, 1.82) is 0 Å². The topological polar surface area (TPSA) is 32.3 Å². The molecular formula is C16H26N2OS. The van der Waals surface area contributed by atoms with Crippen molar-refractivity contribution in [3.05, 3.63) is 29.8 Å². The van der Waals surface area contributed by atoms with Crippen molar-refractivity contribution < 1.29 is 4.79 Å². The van der Waals surface area contributed by atoms with Crippen LogP contribution in [0.1, 0.15) is 38.8 Å². The molecule has 4 heteroatoms. The Morgan fingerprint density at radius 3 is 2.35 bits per heavy atom. The zero-order valence-corrected chi connectivity index (χ0v) is 14.0. The van der Waals surface area contributed by atoms with Crippen LogP contribution in [0.15, 0.2) is 29.2 Å². The van der Waals surface area contributed by atoms with E-state index in [9.17, 15) is 4.79 Å². The predicted molar refractivity (Wildman–Crippen MR) is 87.2 cm³/mol. The van der Waals surface area contributed by atoms with E-state index in [0.717, 1.165) is 17.9 Å². The molecule has 0 heterocycles. The lowest BCUT2D eigenvalue weighted by Gasteiger charge is -2.17. The van der Waals surface area contributed by atoms with Crippen LogP contribution in [0.2, 0.25) is 0 Å². The van der Waals surface area contributed by atoms with Gasteiger partial charge in [-0.1, -0.05) is 19.1 Å². The Labute approximate surface area is 127 Å². The van der Waals surface area contributed by atoms with Crippen molar-refractivity contribution in [3.63, 3.8) is 0 Å². The standard InChI is InChI=1S/C16H26N2OS/c1-6-11-17-12(2)14-7-9-15(10-8-14)20-13(3)16(19)18(4)5/h7-10,12-13,17H,6,11H2,1-5H3. The van der Waals surface area contributed by atoms with E-state index in [1.54, 1.807) is 30.8 Å². The fraction of sp³-hybridized carbons (Fsp3) is 0.562. The van der Waals surface area contributed by atoms with Crippen molar-refractivity contribution in [1.82, 2.24) is 10.2 Å². The molecule has 0 saturated carbocycles. The van der Waals surface area contributed by atoms with E-state index in [0.29, 0.717) is 6.04 Å². The number of hydrogen-bond acceptors (Lipinski definition) is 3. The van der Waals surface area contributed by atoms with E-state index in [4.69, 9.17) is 0 Å². The van der Waals surface area contributed by atoms with Crippen LogP contribution >= 0.6 is 11.8 Å². The minimum atomic E-state index is -0.0495.